The van der Waals surface area contributed by atoms with Crippen molar-refractivity contribution in [3.63, 3.8) is 0 Å². The van der Waals surface area contributed by atoms with Crippen LogP contribution in [0.2, 0.25) is 10.0 Å². The highest BCUT2D eigenvalue weighted by molar-refractivity contribution is 6.32. The Morgan fingerprint density at radius 2 is 1.48 bits per heavy atom. The second-order valence-electron chi connectivity index (χ2n) is 25.3. The molecule has 14 atom stereocenters. The average molecular weight is 1470 g/mol. The number of halogens is 2. The first-order chi connectivity index (χ1) is 47.9. The molecule has 5 aromatic rings. The van der Waals surface area contributed by atoms with E-state index in [2.05, 4.69) is 38.1 Å². The summed E-state index contributed by atoms with van der Waals surface area (Å²) in [6, 6.07) is 12.4. The fraction of sp³-hybridized carbons (Fsp3) is 0.464. The smallest absolute Gasteiger partial charge is 0.247 e. The van der Waals surface area contributed by atoms with Crippen LogP contribution in [-0.2, 0) is 60.7 Å². The Morgan fingerprint density at radius 1 is 0.833 bits per heavy atom. The molecule has 0 aromatic heterocycles. The maximum atomic E-state index is 15.5. The minimum atomic E-state index is -1.93. The van der Waals surface area contributed by atoms with E-state index in [9.17, 15) is 60.0 Å². The molecule has 2 saturated heterocycles. The van der Waals surface area contributed by atoms with Crippen LogP contribution in [0.5, 0.6) is 46.0 Å². The molecule has 6 amide bonds. The number of amides is 6. The summed E-state index contributed by atoms with van der Waals surface area (Å²) in [4.78, 5) is 94.5. The molecule has 0 aliphatic carbocycles. The number of hydrogen-bond donors (Lipinski definition) is 17. The number of nitrogens with two attached hydrogens (primary N) is 4. The first-order valence-corrected chi connectivity index (χ1v) is 33.4. The van der Waals surface area contributed by atoms with Gasteiger partial charge in [-0.2, -0.15) is 0 Å². The molecule has 31 nitrogen and oxygen atoms in total. The van der Waals surface area contributed by atoms with Gasteiger partial charge in [0.15, 0.2) is 23.9 Å². The largest absolute Gasteiger partial charge is 0.508 e. The first-order valence-electron chi connectivity index (χ1n) is 32.6. The molecule has 0 spiro atoms. The van der Waals surface area contributed by atoms with E-state index in [0.29, 0.717) is 18.4 Å². The predicted octanol–water partition coefficient (Wildman–Crippen LogP) is 2.03. The number of aliphatic hydroxyl groups is 5. The minimum Gasteiger partial charge on any atom is -0.508 e. The van der Waals surface area contributed by atoms with Crippen LogP contribution in [-0.4, -0.2) is 182 Å². The maximum absolute atomic E-state index is 15.5. The summed E-state index contributed by atoms with van der Waals surface area (Å²) in [7, 11) is 1.50. The van der Waals surface area contributed by atoms with Crippen LogP contribution >= 0.6 is 23.2 Å². The van der Waals surface area contributed by atoms with Gasteiger partial charge in [-0.1, -0.05) is 62.2 Å². The van der Waals surface area contributed by atoms with E-state index < -0.39 is 174 Å². The molecule has 2 fully saturated rings. The van der Waals surface area contributed by atoms with E-state index in [1.807, 2.05) is 13.8 Å². The van der Waals surface area contributed by atoms with Crippen molar-refractivity contribution in [2.45, 2.75) is 171 Å². The number of phenolic OH excluding ortho intramolecular Hbond substituents is 3. The molecule has 0 radical (unpaired) electrons. The predicted molar refractivity (Wildman–Crippen MR) is 370 cm³/mol. The van der Waals surface area contributed by atoms with Gasteiger partial charge in [-0.25, -0.2) is 0 Å². The molecule has 5 aromatic carbocycles. The number of aliphatic hydroxyl groups excluding tert-OH is 5. The van der Waals surface area contributed by atoms with Crippen molar-refractivity contribution in [1.29, 1.82) is 0 Å². The monoisotopic (exact) mass is 1470 g/mol. The van der Waals surface area contributed by atoms with Gasteiger partial charge in [-0.05, 0) is 128 Å². The van der Waals surface area contributed by atoms with Gasteiger partial charge in [0.2, 0.25) is 48.0 Å². The molecule has 6 aliphatic rings. The number of benzene rings is 5. The Hall–Kier alpha value is -8.51. The van der Waals surface area contributed by atoms with Crippen molar-refractivity contribution in [3.8, 4) is 57.1 Å². The summed E-state index contributed by atoms with van der Waals surface area (Å²) in [6.45, 7) is 7.19. The molecule has 558 valence electrons. The summed E-state index contributed by atoms with van der Waals surface area (Å²) in [5.74, 6) is -9.70. The van der Waals surface area contributed by atoms with Crippen LogP contribution in [0.25, 0.3) is 11.1 Å². The van der Waals surface area contributed by atoms with Gasteiger partial charge >= 0.3 is 0 Å². The van der Waals surface area contributed by atoms with Crippen LogP contribution < -0.4 is 63.7 Å². The van der Waals surface area contributed by atoms with Crippen molar-refractivity contribution >= 4 is 64.9 Å². The van der Waals surface area contributed by atoms with Crippen molar-refractivity contribution < 1.29 is 108 Å². The Morgan fingerprint density at radius 3 is 2.09 bits per heavy atom. The number of primary amides is 2. The third kappa shape index (κ3) is 20.4. The van der Waals surface area contributed by atoms with Crippen LogP contribution in [0.1, 0.15) is 119 Å². The van der Waals surface area contributed by atoms with Gasteiger partial charge in [0.05, 0.1) is 47.4 Å². The molecular weight excluding hydrogens is 1380 g/mol. The van der Waals surface area contributed by atoms with Crippen molar-refractivity contribution in [2.75, 3.05) is 26.7 Å². The number of carbonyl (C=O) groups excluding carboxylic acids is 7. The Kier molecular flexibility index (Phi) is 30.0. The third-order valence-corrected chi connectivity index (χ3v) is 17.7. The topological polar surface area (TPSA) is 532 Å². The zero-order valence-electron chi connectivity index (χ0n) is 56.9. The Balaban J connectivity index is 0.00000265. The van der Waals surface area contributed by atoms with Crippen LogP contribution in [0.15, 0.2) is 78.9 Å². The summed E-state index contributed by atoms with van der Waals surface area (Å²) in [6.07, 6.45) is -14.0. The average Bonchev–Trinajstić information content (AvgIpc) is 0.803. The fourth-order valence-corrected chi connectivity index (χ4v) is 12.4. The van der Waals surface area contributed by atoms with Crippen molar-refractivity contribution in [3.05, 3.63) is 117 Å². The molecule has 6 aliphatic heterocycles. The van der Waals surface area contributed by atoms with Crippen molar-refractivity contribution in [2.24, 2.45) is 28.9 Å². The number of hydrogen-bond acceptors (Lipinski definition) is 24. The van der Waals surface area contributed by atoms with Crippen molar-refractivity contribution in [1.82, 2.24) is 26.6 Å². The fourth-order valence-electron chi connectivity index (χ4n) is 11.9. The van der Waals surface area contributed by atoms with E-state index in [4.69, 9.17) is 67.9 Å². The van der Waals surface area contributed by atoms with Gasteiger partial charge in [-0.15, -0.1) is 0 Å². The summed E-state index contributed by atoms with van der Waals surface area (Å²) < 4.78 is 38.7. The highest BCUT2D eigenvalue weighted by Gasteiger charge is 2.51. The number of Topliss-reactive ketones (excluding diaryl/α,β-unsaturated/α-hetero) is 1. The van der Waals surface area contributed by atoms with E-state index in [1.54, 1.807) is 20.8 Å². The SMILES string of the molecule is CCCNC(=O)[C@@H]1C(=O)CCc2ccc(c(Cl)c2)Oc2cc3cc(c2OC2OC(CO)C(O)C(O)C2OC2CC(C)(N)C(O)C(C)O2)Oc2ccc(cc2Cl)C(O)C(NC(=O)CCC(C)C)CNC(CC(N)=O)C(=O)NC3C(=O)NCc2ccc(O)c(c2)-c2c(O)cc(O)cc21.CN.NC=O.O. The first kappa shape index (κ1) is 82.4. The lowest BCUT2D eigenvalue weighted by Crippen LogP contribution is -2.64. The number of phenols is 3. The van der Waals surface area contributed by atoms with E-state index in [1.165, 1.54) is 73.8 Å². The molecule has 0 saturated carbocycles. The second kappa shape index (κ2) is 37.1. The molecule has 13 unspecified atom stereocenters. The quantitative estimate of drug-likeness (QED) is 0.0558. The number of ketones is 1. The Bertz CT molecular complexity index is 3780. The third-order valence-electron chi connectivity index (χ3n) is 17.1. The minimum absolute atomic E-state index is 0. The molecular formula is C69H91Cl2N9O22. The van der Waals surface area contributed by atoms with Gasteiger partial charge in [0.1, 0.15) is 70.9 Å². The summed E-state index contributed by atoms with van der Waals surface area (Å²) in [5, 5.41) is 105. The second-order valence-corrected chi connectivity index (χ2v) is 26.1. The number of carbonyl (C=O) groups is 7. The number of fused-ring (bicyclic) bond motifs is 15. The van der Waals surface area contributed by atoms with E-state index in [-0.39, 0.29) is 112 Å². The normalized spacial score (nSPS) is 25.8. The van der Waals surface area contributed by atoms with Gasteiger partial charge in [0.25, 0.3) is 0 Å². The molecule has 102 heavy (non-hydrogen) atoms. The van der Waals surface area contributed by atoms with Crippen LogP contribution in [0, 0.1) is 5.92 Å². The molecule has 9 bridgehead atoms. The zero-order valence-corrected chi connectivity index (χ0v) is 58.4. The number of nitrogens with one attached hydrogen (secondary N) is 5. The number of rotatable bonds is 14. The van der Waals surface area contributed by atoms with Gasteiger partial charge in [-0.3, -0.25) is 33.6 Å². The summed E-state index contributed by atoms with van der Waals surface area (Å²) in [5.41, 5.74) is 19.7. The number of aryl methyl sites for hydroxylation is 1. The van der Waals surface area contributed by atoms with Crippen LogP contribution in [0.4, 0.5) is 0 Å². The maximum Gasteiger partial charge on any atom is 0.247 e. The number of ether oxygens (including phenoxy) is 6. The number of aromatic hydroxyl groups is 3. The molecule has 11 rings (SSSR count). The standard InChI is InChI=1S/C67H81Cl2N7O20.CH3NO.CH5N.H2O/c1-6-17-72-64(89)55-38-23-36(78)24-45(81)54(38)37-18-33(9-12-43(37)79)27-74-65(90)56-35-21-48(92-46-14-10-32(19-39(46)68)8-13-44(55)80)60(96-66-61(59(86)58(85)50(29-77)94-66)95-53-26-67(5,71)62(87)31(4)91-53)49(22-35)93-47-15-11-34(20-40(47)69)57(84)42(75-52(83)16-7-30(2)3)28-73-41(25-51(70)82)63(88)76-56;2-1-3;1-2;/h9-12,14-15,18-24,30-31,41-42,50,53,55-59,61-62,66,73,77-79,81,84-87H,6-8,13,16-17,25-29,71H2,1-5H3,(H2,70,82)(H,72,89)(H,74,90)(H,75,83)(H,76,88);1H,(H2,2,3);2H2,1H3;1H2/t31?,41?,42?,50?,53?,55-,56?,57?,58?,59?,61?,62?,66?,67?;;;/m0.../s1. The lowest BCUT2D eigenvalue weighted by atomic mass is 9.84. The molecule has 6 heterocycles. The molecule has 33 heteroatoms. The van der Waals surface area contributed by atoms with Crippen LogP contribution in [0.3, 0.4) is 0 Å². The van der Waals surface area contributed by atoms with Gasteiger partial charge in [0, 0.05) is 61.6 Å². The lowest BCUT2D eigenvalue weighted by molar-refractivity contribution is -0.333. The highest BCUT2D eigenvalue weighted by atomic mass is 35.5. The Labute approximate surface area is 597 Å². The van der Waals surface area contributed by atoms with Gasteiger partial charge < -0.3 is 124 Å². The summed E-state index contributed by atoms with van der Waals surface area (Å²) >= 11 is 14.2. The highest BCUT2D eigenvalue weighted by Crippen LogP contribution is 2.49. The lowest BCUT2D eigenvalue weighted by Gasteiger charge is -2.47. The molecule has 23 N–H and O–H groups in total. The van der Waals surface area contributed by atoms with E-state index in [0.717, 1.165) is 12.1 Å². The van der Waals surface area contributed by atoms with E-state index >= 15 is 9.59 Å². The zero-order chi connectivity index (χ0) is 74.3.